The molecule has 2 aromatic carbocycles. The molecule has 0 amide bonds. The number of thioether (sulfide) groups is 2. The van der Waals surface area contributed by atoms with Gasteiger partial charge in [0.25, 0.3) is 0 Å². The molecule has 3 aromatic rings. The highest BCUT2D eigenvalue weighted by Gasteiger charge is 2.53. The Morgan fingerprint density at radius 2 is 1.79 bits per heavy atom. The molecular weight excluding hydrogens is 380 g/mol. The largest absolute Gasteiger partial charge is 0.356 e. The lowest BCUT2D eigenvalue weighted by Gasteiger charge is -2.53. The van der Waals surface area contributed by atoms with Crippen LogP contribution in [0.15, 0.2) is 54.6 Å². The van der Waals surface area contributed by atoms with Gasteiger partial charge in [-0.15, -0.1) is 23.5 Å². The fourth-order valence-corrected chi connectivity index (χ4v) is 9.29. The summed E-state index contributed by atoms with van der Waals surface area (Å²) in [5.74, 6) is 3.38. The molecule has 1 spiro atoms. The SMILES string of the molecule is c1ccc(CN2CCC3CC2c2c([nH]c4ccccc24)C32SCCCS2)cc1. The third-order valence-electron chi connectivity index (χ3n) is 6.83. The van der Waals surface area contributed by atoms with Gasteiger partial charge in [0, 0.05) is 34.7 Å². The van der Waals surface area contributed by atoms with Gasteiger partial charge in [0.15, 0.2) is 0 Å². The zero-order valence-corrected chi connectivity index (χ0v) is 17.7. The number of hydrogen-bond acceptors (Lipinski definition) is 3. The van der Waals surface area contributed by atoms with Crippen LogP contribution in [0, 0.1) is 5.92 Å². The summed E-state index contributed by atoms with van der Waals surface area (Å²) >= 11 is 4.46. The van der Waals surface area contributed by atoms with Crippen molar-refractivity contribution in [1.82, 2.24) is 9.88 Å². The Morgan fingerprint density at radius 1 is 1.00 bits per heavy atom. The summed E-state index contributed by atoms with van der Waals surface area (Å²) in [6, 6.07) is 20.5. The number of fused-ring (bicyclic) bond motifs is 8. The van der Waals surface area contributed by atoms with Crippen LogP contribution in [0.4, 0.5) is 0 Å². The van der Waals surface area contributed by atoms with Crippen molar-refractivity contribution in [2.24, 2.45) is 5.92 Å². The first-order valence-electron chi connectivity index (χ1n) is 10.5. The Hall–Kier alpha value is -1.36. The van der Waals surface area contributed by atoms with E-state index in [9.17, 15) is 0 Å². The third kappa shape index (κ3) is 2.61. The first-order valence-corrected chi connectivity index (χ1v) is 12.5. The number of para-hydroxylation sites is 1. The molecule has 1 aromatic heterocycles. The monoisotopic (exact) mass is 406 g/mol. The van der Waals surface area contributed by atoms with Crippen molar-refractivity contribution >= 4 is 34.4 Å². The summed E-state index contributed by atoms with van der Waals surface area (Å²) in [4.78, 5) is 6.67. The number of piperidine rings is 1. The van der Waals surface area contributed by atoms with E-state index >= 15 is 0 Å². The Morgan fingerprint density at radius 3 is 2.64 bits per heavy atom. The summed E-state index contributed by atoms with van der Waals surface area (Å²) in [5, 5.41) is 1.45. The van der Waals surface area contributed by atoms with Crippen molar-refractivity contribution in [3.8, 4) is 0 Å². The number of likely N-dealkylation sites (tertiary alicyclic amines) is 1. The fraction of sp³-hybridized carbons (Fsp3) is 0.417. The molecule has 2 atom stereocenters. The smallest absolute Gasteiger partial charge is 0.104 e. The first-order chi connectivity index (χ1) is 13.9. The van der Waals surface area contributed by atoms with Gasteiger partial charge in [-0.05, 0) is 54.9 Å². The summed E-state index contributed by atoms with van der Waals surface area (Å²) in [7, 11) is 0. The van der Waals surface area contributed by atoms with E-state index < -0.39 is 0 Å². The second kappa shape index (κ2) is 6.86. The molecule has 28 heavy (non-hydrogen) atoms. The molecule has 0 saturated carbocycles. The number of benzene rings is 2. The van der Waals surface area contributed by atoms with E-state index in [0.29, 0.717) is 6.04 Å². The molecule has 2 aliphatic heterocycles. The molecule has 6 rings (SSSR count). The molecule has 1 N–H and O–H groups in total. The first kappa shape index (κ1) is 17.5. The van der Waals surface area contributed by atoms with E-state index in [1.807, 2.05) is 0 Å². The van der Waals surface area contributed by atoms with Gasteiger partial charge in [0.2, 0.25) is 0 Å². The molecule has 2 fully saturated rings. The maximum absolute atomic E-state index is 3.92. The summed E-state index contributed by atoms with van der Waals surface area (Å²) < 4.78 is 0.252. The van der Waals surface area contributed by atoms with Crippen molar-refractivity contribution in [1.29, 1.82) is 0 Å². The van der Waals surface area contributed by atoms with Crippen molar-refractivity contribution < 1.29 is 0 Å². The molecule has 3 aliphatic rings. The Labute approximate surface area is 175 Å². The van der Waals surface area contributed by atoms with Crippen LogP contribution in [0.1, 0.15) is 42.1 Å². The Bertz CT molecular complexity index is 990. The zero-order valence-electron chi connectivity index (χ0n) is 16.1. The van der Waals surface area contributed by atoms with Gasteiger partial charge in [0.1, 0.15) is 4.08 Å². The average molecular weight is 407 g/mol. The molecule has 4 heteroatoms. The van der Waals surface area contributed by atoms with Crippen LogP contribution < -0.4 is 0 Å². The van der Waals surface area contributed by atoms with Gasteiger partial charge in [-0.25, -0.2) is 0 Å². The Kier molecular flexibility index (Phi) is 4.29. The van der Waals surface area contributed by atoms with Gasteiger partial charge in [-0.3, -0.25) is 4.90 Å². The topological polar surface area (TPSA) is 19.0 Å². The highest BCUT2D eigenvalue weighted by atomic mass is 32.2. The van der Waals surface area contributed by atoms with E-state index in [2.05, 4.69) is 88.0 Å². The van der Waals surface area contributed by atoms with Crippen LogP contribution >= 0.6 is 23.5 Å². The molecule has 3 heterocycles. The number of aromatic nitrogens is 1. The van der Waals surface area contributed by atoms with Crippen molar-refractivity contribution in [3.63, 3.8) is 0 Å². The predicted molar refractivity (Wildman–Crippen MR) is 122 cm³/mol. The minimum atomic E-state index is 0.252. The van der Waals surface area contributed by atoms with Crippen LogP contribution in [0.5, 0.6) is 0 Å². The number of nitrogens with zero attached hydrogens (tertiary/aromatic N) is 1. The molecule has 1 aliphatic carbocycles. The summed E-state index contributed by atoms with van der Waals surface area (Å²) in [5.41, 5.74) is 5.90. The molecule has 0 radical (unpaired) electrons. The number of aromatic amines is 1. The highest BCUT2D eigenvalue weighted by molar-refractivity contribution is 8.18. The summed E-state index contributed by atoms with van der Waals surface area (Å²) in [6.07, 6.45) is 3.97. The average Bonchev–Trinajstić information content (AvgIpc) is 3.15. The van der Waals surface area contributed by atoms with Crippen molar-refractivity contribution in [3.05, 3.63) is 71.4 Å². The number of hydrogen-bond donors (Lipinski definition) is 1. The van der Waals surface area contributed by atoms with Crippen LogP contribution in [-0.2, 0) is 10.6 Å². The maximum atomic E-state index is 3.92. The molecule has 2 bridgehead atoms. The normalized spacial score (nSPS) is 26.4. The van der Waals surface area contributed by atoms with E-state index in [1.54, 1.807) is 11.3 Å². The van der Waals surface area contributed by atoms with Crippen LogP contribution in [0.2, 0.25) is 0 Å². The van der Waals surface area contributed by atoms with Crippen LogP contribution in [0.3, 0.4) is 0 Å². The molecule has 2 unspecified atom stereocenters. The highest BCUT2D eigenvalue weighted by Crippen LogP contribution is 2.64. The van der Waals surface area contributed by atoms with Crippen molar-refractivity contribution in [2.75, 3.05) is 18.1 Å². The van der Waals surface area contributed by atoms with Gasteiger partial charge in [0.05, 0.1) is 0 Å². The molecule has 2 saturated heterocycles. The van der Waals surface area contributed by atoms with Gasteiger partial charge in [-0.1, -0.05) is 48.5 Å². The minimum Gasteiger partial charge on any atom is -0.356 e. The van der Waals surface area contributed by atoms with Crippen LogP contribution in [-0.4, -0.2) is 27.9 Å². The zero-order chi connectivity index (χ0) is 18.6. The number of rotatable bonds is 2. The second-order valence-electron chi connectivity index (χ2n) is 8.37. The molecule has 2 nitrogen and oxygen atoms in total. The Balaban J connectivity index is 1.49. The predicted octanol–water partition coefficient (Wildman–Crippen LogP) is 6.16. The van der Waals surface area contributed by atoms with Crippen molar-refractivity contribution in [2.45, 2.75) is 35.9 Å². The lowest BCUT2D eigenvalue weighted by Crippen LogP contribution is -2.47. The van der Waals surface area contributed by atoms with E-state index in [1.165, 1.54) is 53.8 Å². The second-order valence-corrected chi connectivity index (χ2v) is 11.3. The van der Waals surface area contributed by atoms with E-state index in [-0.39, 0.29) is 4.08 Å². The molecular formula is C24H26N2S2. The van der Waals surface area contributed by atoms with E-state index in [0.717, 1.165) is 12.5 Å². The van der Waals surface area contributed by atoms with Crippen LogP contribution in [0.25, 0.3) is 10.9 Å². The fourth-order valence-electron chi connectivity index (χ4n) is 5.58. The number of H-pyrrole nitrogens is 1. The quantitative estimate of drug-likeness (QED) is 0.550. The van der Waals surface area contributed by atoms with E-state index in [4.69, 9.17) is 0 Å². The van der Waals surface area contributed by atoms with Gasteiger partial charge in [-0.2, -0.15) is 0 Å². The summed E-state index contributed by atoms with van der Waals surface area (Å²) in [6.45, 7) is 2.27. The lowest BCUT2D eigenvalue weighted by atomic mass is 9.76. The standard InChI is InChI=1S/C24H26N2S2/c1-2-7-17(8-3-1)16-26-12-11-18-15-21(26)22-19-9-4-5-10-20(19)25-23(22)24(18)27-13-6-14-28-24/h1-5,7-10,18,21,25H,6,11-16H2. The molecule has 144 valence electrons. The third-order valence-corrected chi connectivity index (χ3v) is 10.5. The minimum absolute atomic E-state index is 0.252. The van der Waals surface area contributed by atoms with Gasteiger partial charge < -0.3 is 4.98 Å². The lowest BCUT2D eigenvalue weighted by molar-refractivity contribution is 0.0871. The number of nitrogens with one attached hydrogen (secondary N) is 1. The van der Waals surface area contributed by atoms with Gasteiger partial charge >= 0.3 is 0 Å². The maximum Gasteiger partial charge on any atom is 0.104 e.